The molecule has 1 aliphatic heterocycles. The smallest absolute Gasteiger partial charge is 0.332 e. The summed E-state index contributed by atoms with van der Waals surface area (Å²) < 4.78 is 0. The summed E-state index contributed by atoms with van der Waals surface area (Å²) in [6.07, 6.45) is 2.00. The number of nitrogens with one attached hydrogen (secondary N) is 1. The van der Waals surface area contributed by atoms with E-state index >= 15 is 0 Å². The molecule has 0 aliphatic carbocycles. The van der Waals surface area contributed by atoms with Crippen molar-refractivity contribution in [1.29, 1.82) is 0 Å². The summed E-state index contributed by atoms with van der Waals surface area (Å²) in [4.78, 5) is 14.4. The zero-order valence-electron chi connectivity index (χ0n) is 11.0. The van der Waals surface area contributed by atoms with Gasteiger partial charge in [-0.25, -0.2) is 10.6 Å². The molecule has 2 rings (SSSR count). The Balaban J connectivity index is 2.29. The number of piperidine rings is 1. The summed E-state index contributed by atoms with van der Waals surface area (Å²) >= 11 is 4.27. The lowest BCUT2D eigenvalue weighted by Gasteiger charge is -2.38. The minimum Gasteiger partial charge on any atom is -0.398 e. The number of benzene rings is 1. The number of hydrogen-bond acceptors (Lipinski definition) is 4. The molecule has 1 aromatic rings. The second-order valence-corrected chi connectivity index (χ2v) is 5.60. The van der Waals surface area contributed by atoms with Crippen LogP contribution in [-0.2, 0) is 0 Å². The number of nitrogens with two attached hydrogens (primary N) is 2. The van der Waals surface area contributed by atoms with Gasteiger partial charge in [-0.05, 0) is 36.5 Å². The fourth-order valence-corrected chi connectivity index (χ4v) is 2.73. The highest BCUT2D eigenvalue weighted by atomic mass is 32.1. The van der Waals surface area contributed by atoms with E-state index in [4.69, 9.17) is 11.6 Å². The summed E-state index contributed by atoms with van der Waals surface area (Å²) in [5, 5.41) is 0. The Morgan fingerprint density at radius 1 is 1.47 bits per heavy atom. The Bertz CT molecular complexity index is 480. The van der Waals surface area contributed by atoms with Gasteiger partial charge in [0.15, 0.2) is 0 Å². The second kappa shape index (κ2) is 5.71. The first-order chi connectivity index (χ1) is 9.02. The lowest BCUT2D eigenvalue weighted by atomic mass is 9.90. The fraction of sp³-hybridized carbons (Fsp3) is 0.462. The second-order valence-electron chi connectivity index (χ2n) is 5.12. The largest absolute Gasteiger partial charge is 0.398 e. The van der Waals surface area contributed by atoms with Crippen LogP contribution in [-0.4, -0.2) is 17.5 Å². The molecule has 1 saturated heterocycles. The zero-order valence-corrected chi connectivity index (χ0v) is 11.9. The summed E-state index contributed by atoms with van der Waals surface area (Å²) in [5.74, 6) is 5.75. The van der Waals surface area contributed by atoms with Crippen molar-refractivity contribution < 1.29 is 4.79 Å². The van der Waals surface area contributed by atoms with Crippen molar-refractivity contribution in [3.05, 3.63) is 23.8 Å². The highest BCUT2D eigenvalue weighted by Crippen LogP contribution is 2.34. The first kappa shape index (κ1) is 14.0. The minimum atomic E-state index is -0.245. The van der Waals surface area contributed by atoms with E-state index in [0.717, 1.165) is 23.3 Å². The van der Waals surface area contributed by atoms with Crippen molar-refractivity contribution in [2.45, 2.75) is 30.7 Å². The zero-order chi connectivity index (χ0) is 14.0. The Morgan fingerprint density at radius 3 is 2.84 bits per heavy atom. The molecule has 1 fully saturated rings. The number of rotatable bonds is 1. The third kappa shape index (κ3) is 2.96. The minimum absolute atomic E-state index is 0.0241. The van der Waals surface area contributed by atoms with Crippen LogP contribution in [0.5, 0.6) is 0 Å². The molecule has 0 radical (unpaired) electrons. The van der Waals surface area contributed by atoms with Gasteiger partial charge in [0.1, 0.15) is 0 Å². The standard InChI is InChI=1S/C13H20N4OS/c1-8-2-4-11(17(7-8)13(18)16-15)9-3-5-12(19)10(14)6-9/h3,5-6,8,11,19H,2,4,7,14-15H2,1H3,(H,16,18). The Labute approximate surface area is 118 Å². The number of thiol groups is 1. The number of anilines is 1. The van der Waals surface area contributed by atoms with Crippen LogP contribution in [0, 0.1) is 5.92 Å². The number of nitrogen functional groups attached to an aromatic ring is 1. The summed E-state index contributed by atoms with van der Waals surface area (Å²) in [7, 11) is 0. The van der Waals surface area contributed by atoms with Gasteiger partial charge in [-0.15, -0.1) is 12.6 Å². The van der Waals surface area contributed by atoms with E-state index in [2.05, 4.69) is 25.0 Å². The van der Waals surface area contributed by atoms with Gasteiger partial charge in [0.25, 0.3) is 0 Å². The molecule has 2 atom stereocenters. The average molecular weight is 280 g/mol. The summed E-state index contributed by atoms with van der Waals surface area (Å²) in [5.41, 5.74) is 9.78. The van der Waals surface area contributed by atoms with Gasteiger partial charge in [0, 0.05) is 17.1 Å². The Morgan fingerprint density at radius 2 is 2.21 bits per heavy atom. The predicted octanol–water partition coefficient (Wildman–Crippen LogP) is 1.91. The van der Waals surface area contributed by atoms with E-state index in [0.29, 0.717) is 18.2 Å². The van der Waals surface area contributed by atoms with E-state index in [1.54, 1.807) is 4.90 Å². The monoisotopic (exact) mass is 280 g/mol. The Kier molecular flexibility index (Phi) is 4.21. The molecular formula is C13H20N4OS. The lowest BCUT2D eigenvalue weighted by molar-refractivity contribution is 0.129. The van der Waals surface area contributed by atoms with Gasteiger partial charge >= 0.3 is 6.03 Å². The molecule has 1 aromatic carbocycles. The van der Waals surface area contributed by atoms with Crippen molar-refractivity contribution in [3.63, 3.8) is 0 Å². The molecule has 2 unspecified atom stereocenters. The number of likely N-dealkylation sites (tertiary alicyclic amines) is 1. The average Bonchev–Trinajstić information content (AvgIpc) is 2.41. The maximum atomic E-state index is 11.9. The van der Waals surface area contributed by atoms with Crippen LogP contribution in [0.3, 0.4) is 0 Å². The maximum absolute atomic E-state index is 11.9. The molecule has 5 N–H and O–H groups in total. The molecule has 19 heavy (non-hydrogen) atoms. The number of amides is 2. The summed E-state index contributed by atoms with van der Waals surface area (Å²) in [6, 6.07) is 5.50. The number of carbonyl (C=O) groups is 1. The van der Waals surface area contributed by atoms with E-state index in [-0.39, 0.29) is 12.1 Å². The molecule has 0 aromatic heterocycles. The molecule has 1 aliphatic rings. The SMILES string of the molecule is CC1CCC(c2ccc(S)c(N)c2)N(C(=O)NN)C1. The molecule has 2 amide bonds. The van der Waals surface area contributed by atoms with Gasteiger partial charge in [-0.3, -0.25) is 5.43 Å². The third-order valence-electron chi connectivity index (χ3n) is 3.64. The normalized spacial score (nSPS) is 23.2. The molecule has 0 saturated carbocycles. The van der Waals surface area contributed by atoms with Crippen LogP contribution in [0.1, 0.15) is 31.4 Å². The van der Waals surface area contributed by atoms with Gasteiger partial charge in [-0.1, -0.05) is 13.0 Å². The van der Waals surface area contributed by atoms with E-state index in [1.165, 1.54) is 0 Å². The van der Waals surface area contributed by atoms with Crippen molar-refractivity contribution in [2.24, 2.45) is 11.8 Å². The van der Waals surface area contributed by atoms with Crippen molar-refractivity contribution >= 4 is 24.3 Å². The van der Waals surface area contributed by atoms with E-state index in [1.807, 2.05) is 18.2 Å². The fourth-order valence-electron chi connectivity index (χ4n) is 2.59. The van der Waals surface area contributed by atoms with Gasteiger partial charge in [0.05, 0.1) is 6.04 Å². The van der Waals surface area contributed by atoms with Crippen LogP contribution in [0.25, 0.3) is 0 Å². The van der Waals surface area contributed by atoms with Gasteiger partial charge in [0.2, 0.25) is 0 Å². The third-order valence-corrected chi connectivity index (χ3v) is 4.05. The molecule has 1 heterocycles. The molecule has 0 spiro atoms. The topological polar surface area (TPSA) is 84.4 Å². The number of carbonyl (C=O) groups excluding carboxylic acids is 1. The number of hydrazine groups is 1. The van der Waals surface area contributed by atoms with E-state index < -0.39 is 0 Å². The first-order valence-corrected chi connectivity index (χ1v) is 6.83. The first-order valence-electron chi connectivity index (χ1n) is 6.38. The van der Waals surface area contributed by atoms with Crippen LogP contribution < -0.4 is 17.0 Å². The van der Waals surface area contributed by atoms with Crippen LogP contribution in [0.4, 0.5) is 10.5 Å². The van der Waals surface area contributed by atoms with Gasteiger partial charge < -0.3 is 10.6 Å². The van der Waals surface area contributed by atoms with Crippen LogP contribution in [0.2, 0.25) is 0 Å². The van der Waals surface area contributed by atoms with Crippen LogP contribution >= 0.6 is 12.6 Å². The quantitative estimate of drug-likeness (QED) is 0.208. The highest BCUT2D eigenvalue weighted by molar-refractivity contribution is 7.80. The van der Waals surface area contributed by atoms with Crippen molar-refractivity contribution in [2.75, 3.05) is 12.3 Å². The molecule has 6 heteroatoms. The predicted molar refractivity (Wildman–Crippen MR) is 78.7 cm³/mol. The number of nitrogens with zero attached hydrogens (tertiary/aromatic N) is 1. The van der Waals surface area contributed by atoms with Crippen LogP contribution in [0.15, 0.2) is 23.1 Å². The lowest BCUT2D eigenvalue weighted by Crippen LogP contribution is -2.48. The Hall–Kier alpha value is -1.40. The highest BCUT2D eigenvalue weighted by Gasteiger charge is 2.30. The maximum Gasteiger partial charge on any atom is 0.332 e. The molecule has 0 bridgehead atoms. The van der Waals surface area contributed by atoms with Crippen molar-refractivity contribution in [1.82, 2.24) is 10.3 Å². The van der Waals surface area contributed by atoms with Crippen molar-refractivity contribution in [3.8, 4) is 0 Å². The number of urea groups is 1. The van der Waals surface area contributed by atoms with Gasteiger partial charge in [-0.2, -0.15) is 0 Å². The summed E-state index contributed by atoms with van der Waals surface area (Å²) in [6.45, 7) is 2.84. The molecule has 5 nitrogen and oxygen atoms in total. The molecule has 104 valence electrons. The molecular weight excluding hydrogens is 260 g/mol. The van der Waals surface area contributed by atoms with E-state index in [9.17, 15) is 4.79 Å². The number of hydrogen-bond donors (Lipinski definition) is 4.